The standard InChI is InChI=1S/C60H42N2/c1-6-19-41(20-7-1)48-34-49(42-21-8-2-9-22-42)36-51(35-48)57-38-50(37-56(61-57)44-25-12-4-13-26-44)46-29-18-30-47(33-46)54-39-59-60(53-32-17-16-31-52(53)54)55(43-23-10-3-11-24-43)40-58(62-59)45-27-14-5-15-28-45/h1-40,58,62H. The van der Waals surface area contributed by atoms with Crippen molar-refractivity contribution in [1.82, 2.24) is 4.98 Å². The van der Waals surface area contributed by atoms with Gasteiger partial charge in [-0.15, -0.1) is 0 Å². The third-order valence-corrected chi connectivity index (χ3v) is 12.0. The molecule has 9 aromatic carbocycles. The number of hydrogen-bond acceptors (Lipinski definition) is 2. The predicted octanol–water partition coefficient (Wildman–Crippen LogP) is 15.8. The molecule has 2 nitrogen and oxygen atoms in total. The van der Waals surface area contributed by atoms with E-state index in [2.05, 4.69) is 248 Å². The number of pyridine rings is 1. The minimum Gasteiger partial charge on any atom is -0.374 e. The lowest BCUT2D eigenvalue weighted by Gasteiger charge is -2.29. The largest absolute Gasteiger partial charge is 0.374 e. The summed E-state index contributed by atoms with van der Waals surface area (Å²) >= 11 is 0. The number of fused-ring (bicyclic) bond motifs is 3. The second-order valence-electron chi connectivity index (χ2n) is 16.0. The fourth-order valence-corrected chi connectivity index (χ4v) is 9.01. The predicted molar refractivity (Wildman–Crippen MR) is 261 cm³/mol. The van der Waals surface area contributed by atoms with E-state index in [1.807, 2.05) is 0 Å². The van der Waals surface area contributed by atoms with Gasteiger partial charge in [-0.05, 0) is 121 Å². The van der Waals surface area contributed by atoms with Gasteiger partial charge in [-0.3, -0.25) is 0 Å². The van der Waals surface area contributed by atoms with Crippen molar-refractivity contribution >= 4 is 22.0 Å². The van der Waals surface area contributed by atoms with Crippen LogP contribution in [0.4, 0.5) is 5.69 Å². The summed E-state index contributed by atoms with van der Waals surface area (Å²) in [5.74, 6) is 0. The summed E-state index contributed by atoms with van der Waals surface area (Å²) in [4.78, 5) is 5.39. The first-order valence-corrected chi connectivity index (χ1v) is 21.3. The summed E-state index contributed by atoms with van der Waals surface area (Å²) in [6.45, 7) is 0. The highest BCUT2D eigenvalue weighted by atomic mass is 14.9. The zero-order valence-electron chi connectivity index (χ0n) is 34.1. The molecule has 0 bridgehead atoms. The maximum atomic E-state index is 5.39. The zero-order valence-corrected chi connectivity index (χ0v) is 34.1. The maximum Gasteiger partial charge on any atom is 0.0716 e. The first-order chi connectivity index (χ1) is 30.7. The number of benzene rings is 9. The first-order valence-electron chi connectivity index (χ1n) is 21.3. The Morgan fingerprint density at radius 2 is 0.774 bits per heavy atom. The number of nitrogens with one attached hydrogen (secondary N) is 1. The molecule has 62 heavy (non-hydrogen) atoms. The Kier molecular flexibility index (Phi) is 9.65. The summed E-state index contributed by atoms with van der Waals surface area (Å²) in [6.07, 6.45) is 2.39. The summed E-state index contributed by atoms with van der Waals surface area (Å²) in [6, 6.07) is 85.0. The van der Waals surface area contributed by atoms with Gasteiger partial charge in [0.2, 0.25) is 0 Å². The van der Waals surface area contributed by atoms with Gasteiger partial charge in [-0.2, -0.15) is 0 Å². The van der Waals surface area contributed by atoms with Crippen LogP contribution in [-0.2, 0) is 0 Å². The molecule has 0 amide bonds. The van der Waals surface area contributed by atoms with E-state index >= 15 is 0 Å². The molecular weight excluding hydrogens is 749 g/mol. The second-order valence-corrected chi connectivity index (χ2v) is 16.0. The number of nitrogens with zero attached hydrogens (tertiary/aromatic N) is 1. The van der Waals surface area contributed by atoms with Crippen molar-refractivity contribution in [2.75, 3.05) is 5.32 Å². The van der Waals surface area contributed by atoms with Gasteiger partial charge in [-0.1, -0.05) is 194 Å². The fraction of sp³-hybridized carbons (Fsp3) is 0.0167. The van der Waals surface area contributed by atoms with Crippen molar-refractivity contribution in [1.29, 1.82) is 0 Å². The molecule has 1 aliphatic heterocycles. The van der Waals surface area contributed by atoms with Crippen molar-refractivity contribution in [3.8, 4) is 67.0 Å². The number of rotatable bonds is 8. The highest BCUT2D eigenvalue weighted by Gasteiger charge is 2.25. The lowest BCUT2D eigenvalue weighted by molar-refractivity contribution is 0.975. The van der Waals surface area contributed by atoms with E-state index in [9.17, 15) is 0 Å². The van der Waals surface area contributed by atoms with Gasteiger partial charge in [-0.25, -0.2) is 4.98 Å². The molecule has 1 aromatic heterocycles. The summed E-state index contributed by atoms with van der Waals surface area (Å²) in [5.41, 5.74) is 19.3. The van der Waals surface area contributed by atoms with Crippen LogP contribution in [0.25, 0.3) is 83.4 Å². The SMILES string of the molecule is C1=C(c2ccccc2)c2c(cc(-c3cccc(-c4cc(-c5ccccc5)nc(-c5cc(-c6ccccc6)cc(-c6ccccc6)c5)c4)c3)c3ccccc23)NC1c1ccccc1. The highest BCUT2D eigenvalue weighted by molar-refractivity contribution is 6.10. The van der Waals surface area contributed by atoms with Crippen molar-refractivity contribution in [3.05, 3.63) is 259 Å². The molecule has 0 spiro atoms. The maximum absolute atomic E-state index is 5.39. The van der Waals surface area contributed by atoms with E-state index in [0.29, 0.717) is 0 Å². The van der Waals surface area contributed by atoms with Crippen LogP contribution in [0.5, 0.6) is 0 Å². The molecular formula is C60H42N2. The normalized spacial score (nSPS) is 13.2. The van der Waals surface area contributed by atoms with Gasteiger partial charge in [0.05, 0.1) is 17.4 Å². The average Bonchev–Trinajstić information content (AvgIpc) is 3.37. The van der Waals surface area contributed by atoms with E-state index in [0.717, 1.165) is 56.0 Å². The number of hydrogen-bond donors (Lipinski definition) is 1. The molecule has 10 aromatic rings. The van der Waals surface area contributed by atoms with Crippen LogP contribution in [-0.4, -0.2) is 4.98 Å². The number of aromatic nitrogens is 1. The molecule has 1 atom stereocenters. The summed E-state index contributed by atoms with van der Waals surface area (Å²) in [7, 11) is 0. The van der Waals surface area contributed by atoms with Crippen LogP contribution >= 0.6 is 0 Å². The Morgan fingerprint density at radius 1 is 0.323 bits per heavy atom. The summed E-state index contributed by atoms with van der Waals surface area (Å²) in [5, 5.41) is 6.41. The quantitative estimate of drug-likeness (QED) is 0.166. The minimum absolute atomic E-state index is 0.0219. The van der Waals surface area contributed by atoms with Crippen LogP contribution in [0.3, 0.4) is 0 Å². The Labute approximate surface area is 363 Å². The molecule has 0 saturated heterocycles. The van der Waals surface area contributed by atoms with E-state index < -0.39 is 0 Å². The third kappa shape index (κ3) is 7.18. The van der Waals surface area contributed by atoms with Crippen molar-refractivity contribution < 1.29 is 0 Å². The molecule has 1 N–H and O–H groups in total. The van der Waals surface area contributed by atoms with E-state index in [1.54, 1.807) is 0 Å². The van der Waals surface area contributed by atoms with Crippen molar-refractivity contribution in [2.45, 2.75) is 6.04 Å². The topological polar surface area (TPSA) is 24.9 Å². The highest BCUT2D eigenvalue weighted by Crippen LogP contribution is 2.46. The smallest absolute Gasteiger partial charge is 0.0716 e. The van der Waals surface area contributed by atoms with E-state index in [1.165, 1.54) is 49.7 Å². The van der Waals surface area contributed by atoms with Gasteiger partial charge < -0.3 is 5.32 Å². The van der Waals surface area contributed by atoms with Crippen molar-refractivity contribution in [2.24, 2.45) is 0 Å². The lowest BCUT2D eigenvalue weighted by Crippen LogP contribution is -2.15. The Morgan fingerprint density at radius 3 is 1.40 bits per heavy atom. The molecule has 0 radical (unpaired) electrons. The molecule has 11 rings (SSSR count). The third-order valence-electron chi connectivity index (χ3n) is 12.0. The van der Waals surface area contributed by atoms with E-state index in [-0.39, 0.29) is 6.04 Å². The molecule has 0 saturated carbocycles. The Hall–Kier alpha value is -8.07. The Bertz CT molecular complexity index is 3170. The molecule has 2 heteroatoms. The monoisotopic (exact) mass is 790 g/mol. The molecule has 0 fully saturated rings. The molecule has 0 aliphatic carbocycles. The zero-order chi connectivity index (χ0) is 41.2. The van der Waals surface area contributed by atoms with Crippen LogP contribution in [0.15, 0.2) is 243 Å². The van der Waals surface area contributed by atoms with Gasteiger partial charge in [0, 0.05) is 22.4 Å². The molecule has 2 heterocycles. The van der Waals surface area contributed by atoms with Gasteiger partial charge >= 0.3 is 0 Å². The average molecular weight is 791 g/mol. The minimum atomic E-state index is 0.0219. The van der Waals surface area contributed by atoms with Gasteiger partial charge in [0.1, 0.15) is 0 Å². The molecule has 1 aliphatic rings. The van der Waals surface area contributed by atoms with Gasteiger partial charge in [0.15, 0.2) is 0 Å². The van der Waals surface area contributed by atoms with E-state index in [4.69, 9.17) is 4.98 Å². The Balaban J connectivity index is 1.08. The second kappa shape index (κ2) is 16.2. The van der Waals surface area contributed by atoms with Crippen LogP contribution in [0.2, 0.25) is 0 Å². The number of anilines is 1. The van der Waals surface area contributed by atoms with Crippen LogP contribution in [0.1, 0.15) is 22.7 Å². The van der Waals surface area contributed by atoms with Crippen molar-refractivity contribution in [3.63, 3.8) is 0 Å². The lowest BCUT2D eigenvalue weighted by atomic mass is 9.83. The van der Waals surface area contributed by atoms with Crippen LogP contribution < -0.4 is 5.32 Å². The fourth-order valence-electron chi connectivity index (χ4n) is 9.01. The molecule has 292 valence electrons. The van der Waals surface area contributed by atoms with Crippen LogP contribution in [0, 0.1) is 0 Å². The summed E-state index contributed by atoms with van der Waals surface area (Å²) < 4.78 is 0. The first kappa shape index (κ1) is 37.0. The van der Waals surface area contributed by atoms with Gasteiger partial charge in [0.25, 0.3) is 0 Å². The molecule has 1 unspecified atom stereocenters.